The Balaban J connectivity index is 1.78. The monoisotopic (exact) mass is 706 g/mol. The molecule has 49 heavy (non-hydrogen) atoms. The normalized spacial score (nSPS) is 19.9. The Morgan fingerprint density at radius 2 is 1.53 bits per heavy atom. The van der Waals surface area contributed by atoms with Crippen LogP contribution in [0.15, 0.2) is 48.5 Å². The first-order valence-electron chi connectivity index (χ1n) is 15.1. The van der Waals surface area contributed by atoms with E-state index in [-0.39, 0.29) is 12.2 Å². The van der Waals surface area contributed by atoms with Gasteiger partial charge in [-0.1, -0.05) is 36.4 Å². The number of hydrogen-bond donors (Lipinski definition) is 0. The van der Waals surface area contributed by atoms with E-state index < -0.39 is 77.0 Å². The van der Waals surface area contributed by atoms with Gasteiger partial charge >= 0.3 is 35.7 Å². The smallest absolute Gasteiger partial charge is 0.410 e. The molecule has 1 heterocycles. The molecule has 2 aromatic rings. The molecule has 17 heteroatoms. The third-order valence-corrected chi connectivity index (χ3v) is 7.91. The topological polar surface area (TPSA) is 196 Å². The zero-order chi connectivity index (χ0) is 36.1. The van der Waals surface area contributed by atoms with Gasteiger partial charge in [0, 0.05) is 33.4 Å². The van der Waals surface area contributed by atoms with Crippen LogP contribution in [0.2, 0.25) is 0 Å². The third-order valence-electron chi connectivity index (χ3n) is 6.93. The summed E-state index contributed by atoms with van der Waals surface area (Å²) in [7, 11) is 1.02. The number of nitro groups is 1. The predicted octanol–water partition coefficient (Wildman–Crippen LogP) is 3.56. The van der Waals surface area contributed by atoms with Gasteiger partial charge in [0.25, 0.3) is 0 Å². The maximum Gasteiger partial charge on any atom is 0.410 e. The van der Waals surface area contributed by atoms with E-state index in [2.05, 4.69) is 0 Å². The molecule has 2 aromatic carbocycles. The Morgan fingerprint density at radius 3 is 2.12 bits per heavy atom. The fourth-order valence-electron chi connectivity index (χ4n) is 4.71. The molecule has 0 saturated carbocycles. The predicted molar refractivity (Wildman–Crippen MR) is 171 cm³/mol. The van der Waals surface area contributed by atoms with Crippen molar-refractivity contribution < 1.29 is 62.1 Å². The van der Waals surface area contributed by atoms with Crippen molar-refractivity contribution in [2.45, 2.75) is 71.4 Å². The van der Waals surface area contributed by atoms with E-state index in [4.69, 9.17) is 33.2 Å². The molecule has 1 aliphatic heterocycles. The number of rotatable bonds is 15. The zero-order valence-corrected chi connectivity index (χ0v) is 28.4. The largest absolute Gasteiger partial charge is 0.467 e. The minimum Gasteiger partial charge on any atom is -0.467 e. The SMILES string of the molecule is CCN(CSCCc1ccccc1)C(=O)OCc1ccc(O[C@@H]2OC(C(=O)OC)C(OC(C)=O)[C@H](OC(C)=O)C2OC(C)=O)c([N+](=O)[O-])c1. The molecule has 0 radical (unpaired) electrons. The van der Waals surface area contributed by atoms with Crippen LogP contribution in [0.5, 0.6) is 5.75 Å². The molecular formula is C32H38N2O14S. The van der Waals surface area contributed by atoms with E-state index in [0.717, 1.165) is 46.1 Å². The average Bonchev–Trinajstić information content (AvgIpc) is 3.06. The fraction of sp³-hybridized carbons (Fsp3) is 0.469. The number of amides is 1. The molecule has 3 unspecified atom stereocenters. The van der Waals surface area contributed by atoms with E-state index in [1.807, 2.05) is 30.3 Å². The lowest BCUT2D eigenvalue weighted by Crippen LogP contribution is -2.64. The maximum absolute atomic E-state index is 12.8. The molecule has 266 valence electrons. The number of carbonyl (C=O) groups is 5. The maximum atomic E-state index is 12.8. The molecule has 1 amide bonds. The van der Waals surface area contributed by atoms with E-state index in [1.165, 1.54) is 22.6 Å². The van der Waals surface area contributed by atoms with Crippen molar-refractivity contribution in [3.05, 3.63) is 69.8 Å². The highest BCUT2D eigenvalue weighted by atomic mass is 32.2. The number of aryl methyl sites for hydroxylation is 1. The number of carbonyl (C=O) groups excluding carboxylic acids is 5. The number of ether oxygens (including phenoxy) is 7. The van der Waals surface area contributed by atoms with Crippen molar-refractivity contribution >= 4 is 47.4 Å². The molecule has 3 rings (SSSR count). The lowest BCUT2D eigenvalue weighted by molar-refractivity contribution is -0.387. The minimum absolute atomic E-state index is 0.251. The minimum atomic E-state index is -1.80. The second-order valence-corrected chi connectivity index (χ2v) is 11.6. The van der Waals surface area contributed by atoms with Crippen molar-refractivity contribution in [2.24, 2.45) is 0 Å². The van der Waals surface area contributed by atoms with Crippen LogP contribution in [-0.2, 0) is 60.6 Å². The standard InChI is InChI=1S/C32H38N2O14S/c1-6-33(18-49-15-14-22-10-8-7-9-11-22)32(39)43-17-23-12-13-25(24(16-23)34(40)41)47-31-29(46-21(4)37)27(45-20(3)36)26(44-19(2)35)28(48-31)30(38)42-5/h7-13,16,26-29,31H,6,14-15,17-18H2,1-5H3/t26?,27-,28?,29?,31+/m0/s1. The molecule has 1 saturated heterocycles. The van der Waals surface area contributed by atoms with E-state index in [9.17, 15) is 34.1 Å². The van der Waals surface area contributed by atoms with Crippen molar-refractivity contribution in [2.75, 3.05) is 25.3 Å². The Bertz CT molecular complexity index is 1490. The van der Waals surface area contributed by atoms with Gasteiger partial charge in [-0.15, -0.1) is 11.8 Å². The number of esters is 4. The molecule has 0 spiro atoms. The molecule has 1 aliphatic rings. The summed E-state index contributed by atoms with van der Waals surface area (Å²) in [6.07, 6.45) is -8.29. The molecule has 16 nitrogen and oxygen atoms in total. The molecule has 0 aromatic heterocycles. The molecule has 5 atom stereocenters. The van der Waals surface area contributed by atoms with Crippen LogP contribution in [0.1, 0.15) is 38.8 Å². The summed E-state index contributed by atoms with van der Waals surface area (Å²) in [4.78, 5) is 74.2. The van der Waals surface area contributed by atoms with Gasteiger partial charge in [0.15, 0.2) is 24.1 Å². The van der Waals surface area contributed by atoms with Crippen molar-refractivity contribution in [3.8, 4) is 5.75 Å². The van der Waals surface area contributed by atoms with Crippen LogP contribution in [0.25, 0.3) is 0 Å². The zero-order valence-electron chi connectivity index (χ0n) is 27.6. The molecule has 0 N–H and O–H groups in total. The lowest BCUT2D eigenvalue weighted by Gasteiger charge is -2.42. The van der Waals surface area contributed by atoms with Gasteiger partial charge in [-0.3, -0.25) is 29.4 Å². The Morgan fingerprint density at radius 1 is 0.898 bits per heavy atom. The van der Waals surface area contributed by atoms with Crippen molar-refractivity contribution in [1.82, 2.24) is 4.90 Å². The first-order valence-corrected chi connectivity index (χ1v) is 16.2. The number of thioether (sulfide) groups is 1. The van der Waals surface area contributed by atoms with Crippen molar-refractivity contribution in [1.29, 1.82) is 0 Å². The summed E-state index contributed by atoms with van der Waals surface area (Å²) in [5.41, 5.74) is 0.843. The highest BCUT2D eigenvalue weighted by Gasteiger charge is 2.56. The quantitative estimate of drug-likeness (QED) is 0.0650. The van der Waals surface area contributed by atoms with Gasteiger partial charge < -0.3 is 33.2 Å². The van der Waals surface area contributed by atoms with Gasteiger partial charge in [-0.05, 0) is 36.3 Å². The number of nitrogens with zero attached hydrogens (tertiary/aromatic N) is 2. The average molecular weight is 707 g/mol. The molecular weight excluding hydrogens is 668 g/mol. The van der Waals surface area contributed by atoms with E-state index in [0.29, 0.717) is 12.4 Å². The highest BCUT2D eigenvalue weighted by Crippen LogP contribution is 2.35. The van der Waals surface area contributed by atoms with Crippen LogP contribution < -0.4 is 4.74 Å². The lowest BCUT2D eigenvalue weighted by atomic mass is 9.97. The summed E-state index contributed by atoms with van der Waals surface area (Å²) >= 11 is 1.56. The number of hydrogen-bond acceptors (Lipinski definition) is 15. The van der Waals surface area contributed by atoms with Gasteiger partial charge in [0.2, 0.25) is 12.4 Å². The van der Waals surface area contributed by atoms with Gasteiger partial charge in [0.05, 0.1) is 17.9 Å². The van der Waals surface area contributed by atoms with Crippen LogP contribution in [-0.4, -0.2) is 95.8 Å². The molecule has 0 aliphatic carbocycles. The second kappa shape index (κ2) is 18.6. The Kier molecular flexibility index (Phi) is 14.6. The molecule has 1 fully saturated rings. The third kappa shape index (κ3) is 11.3. The second-order valence-electron chi connectivity index (χ2n) is 10.5. The number of methoxy groups -OCH3 is 1. The van der Waals surface area contributed by atoms with E-state index in [1.54, 1.807) is 18.7 Å². The van der Waals surface area contributed by atoms with E-state index >= 15 is 0 Å². The van der Waals surface area contributed by atoms with Crippen LogP contribution >= 0.6 is 11.8 Å². The van der Waals surface area contributed by atoms with Gasteiger partial charge in [-0.25, -0.2) is 9.59 Å². The Labute approximate surface area is 286 Å². The van der Waals surface area contributed by atoms with Crippen molar-refractivity contribution in [3.63, 3.8) is 0 Å². The molecule has 0 bridgehead atoms. The number of benzene rings is 2. The summed E-state index contributed by atoms with van der Waals surface area (Å²) < 4.78 is 37.4. The summed E-state index contributed by atoms with van der Waals surface area (Å²) in [5, 5.41) is 12.1. The highest BCUT2D eigenvalue weighted by molar-refractivity contribution is 7.99. The fourth-order valence-corrected chi connectivity index (χ4v) is 5.73. The number of nitro benzene ring substituents is 1. The summed E-state index contributed by atoms with van der Waals surface area (Å²) in [5.74, 6) is -2.99. The first kappa shape index (κ1) is 38.5. The van der Waals surface area contributed by atoms with Gasteiger partial charge in [-0.2, -0.15) is 0 Å². The Hall–Kier alpha value is -4.90. The van der Waals surface area contributed by atoms with Crippen LogP contribution in [0, 0.1) is 10.1 Å². The van der Waals surface area contributed by atoms with Gasteiger partial charge in [0.1, 0.15) is 6.61 Å². The first-order chi connectivity index (χ1) is 23.3. The summed E-state index contributed by atoms with van der Waals surface area (Å²) in [6.45, 7) is 4.96. The van der Waals surface area contributed by atoms with Crippen LogP contribution in [0.4, 0.5) is 10.5 Å². The summed E-state index contributed by atoms with van der Waals surface area (Å²) in [6, 6.07) is 13.6. The van der Waals surface area contributed by atoms with Crippen LogP contribution in [0.3, 0.4) is 0 Å².